The number of hydrogen-bond acceptors (Lipinski definition) is 4. The Morgan fingerprint density at radius 2 is 2.21 bits per heavy atom. The smallest absolute Gasteiger partial charge is 0.250 e. The van der Waals surface area contributed by atoms with Gasteiger partial charge in [-0.2, -0.15) is 0 Å². The van der Waals surface area contributed by atoms with Crippen LogP contribution in [0.5, 0.6) is 0 Å². The van der Waals surface area contributed by atoms with Gasteiger partial charge >= 0.3 is 0 Å². The lowest BCUT2D eigenvalue weighted by Crippen LogP contribution is -2.43. The largest absolute Gasteiger partial charge is 0.398 e. The third-order valence-electron chi connectivity index (χ3n) is 3.88. The van der Waals surface area contributed by atoms with Crippen molar-refractivity contribution in [3.63, 3.8) is 0 Å². The van der Waals surface area contributed by atoms with E-state index in [1.165, 1.54) is 6.07 Å². The normalized spacial score (nSPS) is 24.5. The highest BCUT2D eigenvalue weighted by Crippen LogP contribution is 2.16. The molecule has 5 nitrogen and oxygen atoms in total. The first-order valence-electron chi connectivity index (χ1n) is 6.92. The number of aryl methyl sites for hydroxylation is 1. The van der Waals surface area contributed by atoms with Crippen LogP contribution in [0.3, 0.4) is 0 Å². The predicted molar refractivity (Wildman–Crippen MR) is 76.0 cm³/mol. The molecule has 5 heteroatoms. The number of nitrogens with two attached hydrogens (primary N) is 1. The zero-order valence-corrected chi connectivity index (χ0v) is 11.5. The van der Waals surface area contributed by atoms with E-state index in [0.29, 0.717) is 18.2 Å². The van der Waals surface area contributed by atoms with Gasteiger partial charge in [-0.05, 0) is 37.9 Å². The lowest BCUT2D eigenvalue weighted by Gasteiger charge is -2.34. The lowest BCUT2D eigenvalue weighted by molar-refractivity contribution is 0.0284. The van der Waals surface area contributed by atoms with Gasteiger partial charge in [-0.25, -0.2) is 0 Å². The van der Waals surface area contributed by atoms with Crippen molar-refractivity contribution < 1.29 is 5.11 Å². The van der Waals surface area contributed by atoms with Gasteiger partial charge in [-0.3, -0.25) is 4.79 Å². The van der Waals surface area contributed by atoms with Crippen molar-refractivity contribution in [2.75, 3.05) is 25.4 Å². The summed E-state index contributed by atoms with van der Waals surface area (Å²) < 4.78 is 1.65. The Morgan fingerprint density at radius 1 is 1.42 bits per heavy atom. The van der Waals surface area contributed by atoms with Crippen LogP contribution in [0.25, 0.3) is 0 Å². The Kier molecular flexibility index (Phi) is 4.61. The zero-order chi connectivity index (χ0) is 13.8. The molecule has 0 spiro atoms. The summed E-state index contributed by atoms with van der Waals surface area (Å²) >= 11 is 0. The van der Waals surface area contributed by atoms with Gasteiger partial charge in [0, 0.05) is 31.0 Å². The molecule has 1 aromatic rings. The number of rotatable bonds is 4. The monoisotopic (exact) mass is 265 g/mol. The first kappa shape index (κ1) is 14.1. The molecular weight excluding hydrogens is 242 g/mol. The Bertz CT molecular complexity index is 472. The molecule has 1 aromatic heterocycles. The van der Waals surface area contributed by atoms with E-state index in [2.05, 4.69) is 11.8 Å². The van der Waals surface area contributed by atoms with Crippen molar-refractivity contribution in [3.05, 3.63) is 28.7 Å². The molecule has 19 heavy (non-hydrogen) atoms. The summed E-state index contributed by atoms with van der Waals surface area (Å²) in [4.78, 5) is 13.9. The lowest BCUT2D eigenvalue weighted by atomic mass is 9.96. The van der Waals surface area contributed by atoms with Crippen LogP contribution in [0.15, 0.2) is 23.1 Å². The highest BCUT2D eigenvalue weighted by molar-refractivity contribution is 5.33. The van der Waals surface area contributed by atoms with Crippen LogP contribution < -0.4 is 11.3 Å². The van der Waals surface area contributed by atoms with Crippen LogP contribution >= 0.6 is 0 Å². The fraction of sp³-hybridized carbons (Fsp3) is 0.643. The molecule has 1 fully saturated rings. The Labute approximate surface area is 113 Å². The summed E-state index contributed by atoms with van der Waals surface area (Å²) in [6.45, 7) is 5.45. The minimum absolute atomic E-state index is 0.0125. The third kappa shape index (κ3) is 3.81. The summed E-state index contributed by atoms with van der Waals surface area (Å²) in [5.41, 5.74) is 6.27. The Hall–Kier alpha value is -1.33. The molecule has 2 unspecified atom stereocenters. The highest BCUT2D eigenvalue weighted by Gasteiger charge is 2.23. The van der Waals surface area contributed by atoms with E-state index in [1.807, 2.05) is 0 Å². The summed E-state index contributed by atoms with van der Waals surface area (Å²) in [5, 5.41) is 9.83. The van der Waals surface area contributed by atoms with Crippen LogP contribution in [0, 0.1) is 5.92 Å². The van der Waals surface area contributed by atoms with Gasteiger partial charge < -0.3 is 20.3 Å². The van der Waals surface area contributed by atoms with Crippen LogP contribution in [0.1, 0.15) is 19.8 Å². The number of aliphatic hydroxyl groups is 1. The number of pyridine rings is 1. The molecule has 106 valence electrons. The van der Waals surface area contributed by atoms with Crippen LogP contribution in [-0.4, -0.2) is 40.3 Å². The second kappa shape index (κ2) is 6.21. The molecule has 3 N–H and O–H groups in total. The van der Waals surface area contributed by atoms with Crippen molar-refractivity contribution in [1.29, 1.82) is 0 Å². The molecule has 1 aliphatic rings. The number of β-amino-alcohol motifs (C(OH)–C–C–N with tert-alkyl or cyclic N) is 1. The fourth-order valence-corrected chi connectivity index (χ4v) is 2.51. The number of anilines is 1. The first-order chi connectivity index (χ1) is 9.06. The third-order valence-corrected chi connectivity index (χ3v) is 3.88. The number of likely N-dealkylation sites (tertiary alicyclic amines) is 1. The number of nitrogens with zero attached hydrogens (tertiary/aromatic N) is 2. The molecule has 0 radical (unpaired) electrons. The van der Waals surface area contributed by atoms with Gasteiger partial charge in [0.15, 0.2) is 0 Å². The fourth-order valence-electron chi connectivity index (χ4n) is 2.51. The number of piperidine rings is 1. The maximum atomic E-state index is 11.6. The molecule has 2 heterocycles. The predicted octanol–water partition coefficient (Wildman–Crippen LogP) is 0.523. The quantitative estimate of drug-likeness (QED) is 0.833. The summed E-state index contributed by atoms with van der Waals surface area (Å²) in [7, 11) is 0. The molecule has 0 bridgehead atoms. The minimum Gasteiger partial charge on any atom is -0.398 e. The van der Waals surface area contributed by atoms with Gasteiger partial charge in [-0.1, -0.05) is 6.92 Å². The van der Waals surface area contributed by atoms with Crippen molar-refractivity contribution in [2.45, 2.75) is 32.4 Å². The molecule has 0 saturated carbocycles. The Balaban J connectivity index is 1.80. The van der Waals surface area contributed by atoms with Crippen molar-refractivity contribution >= 4 is 5.69 Å². The van der Waals surface area contributed by atoms with Gasteiger partial charge in [0.2, 0.25) is 0 Å². The molecule has 0 amide bonds. The van der Waals surface area contributed by atoms with Gasteiger partial charge in [0.05, 0.1) is 6.10 Å². The Morgan fingerprint density at radius 3 is 2.95 bits per heavy atom. The number of nitrogen functional groups attached to an aromatic ring is 1. The summed E-state index contributed by atoms with van der Waals surface area (Å²) in [6.07, 6.45) is 3.41. The van der Waals surface area contributed by atoms with Gasteiger partial charge in [-0.15, -0.1) is 0 Å². The van der Waals surface area contributed by atoms with Gasteiger partial charge in [0.25, 0.3) is 5.56 Å². The van der Waals surface area contributed by atoms with E-state index in [1.54, 1.807) is 16.8 Å². The highest BCUT2D eigenvalue weighted by atomic mass is 16.3. The van der Waals surface area contributed by atoms with Crippen LogP contribution in [-0.2, 0) is 6.54 Å². The average Bonchev–Trinajstić information content (AvgIpc) is 2.38. The first-order valence-corrected chi connectivity index (χ1v) is 6.92. The van der Waals surface area contributed by atoms with E-state index in [9.17, 15) is 9.90 Å². The topological polar surface area (TPSA) is 71.5 Å². The summed E-state index contributed by atoms with van der Waals surface area (Å²) in [6, 6.07) is 3.13. The number of hydrogen-bond donors (Lipinski definition) is 2. The second-order valence-corrected chi connectivity index (χ2v) is 5.48. The van der Waals surface area contributed by atoms with E-state index in [-0.39, 0.29) is 11.7 Å². The molecule has 0 aliphatic carbocycles. The number of aliphatic hydroxyl groups excluding tert-OH is 1. The molecule has 2 atom stereocenters. The SMILES string of the molecule is CC1CCN(CCCn2cc(N)ccc2=O)CC1O. The molecule has 1 aliphatic heterocycles. The summed E-state index contributed by atoms with van der Waals surface area (Å²) in [5.74, 6) is 0.396. The van der Waals surface area contributed by atoms with Crippen LogP contribution in [0.4, 0.5) is 5.69 Å². The molecule has 0 aromatic carbocycles. The second-order valence-electron chi connectivity index (χ2n) is 5.48. The van der Waals surface area contributed by atoms with Crippen molar-refractivity contribution in [2.24, 2.45) is 5.92 Å². The van der Waals surface area contributed by atoms with Crippen molar-refractivity contribution in [3.8, 4) is 0 Å². The maximum Gasteiger partial charge on any atom is 0.250 e. The standard InChI is InChI=1S/C14H23N3O2/c1-11-5-8-16(10-13(11)18)6-2-7-17-9-12(15)3-4-14(17)19/h3-4,9,11,13,18H,2,5-8,10,15H2,1H3. The van der Waals surface area contributed by atoms with E-state index in [0.717, 1.165) is 32.5 Å². The van der Waals surface area contributed by atoms with Gasteiger partial charge in [0.1, 0.15) is 0 Å². The van der Waals surface area contributed by atoms with Crippen molar-refractivity contribution in [1.82, 2.24) is 9.47 Å². The van der Waals surface area contributed by atoms with E-state index >= 15 is 0 Å². The molecular formula is C14H23N3O2. The maximum absolute atomic E-state index is 11.6. The zero-order valence-electron chi connectivity index (χ0n) is 11.5. The minimum atomic E-state index is -0.219. The van der Waals surface area contributed by atoms with E-state index in [4.69, 9.17) is 5.73 Å². The number of aromatic nitrogens is 1. The molecule has 1 saturated heterocycles. The van der Waals surface area contributed by atoms with Crippen LogP contribution in [0.2, 0.25) is 0 Å². The molecule has 2 rings (SSSR count). The average molecular weight is 265 g/mol. The van der Waals surface area contributed by atoms with E-state index < -0.39 is 0 Å².